The number of aryl methyl sites for hydroxylation is 3. The van der Waals surface area contributed by atoms with Gasteiger partial charge in [0.2, 0.25) is 0 Å². The van der Waals surface area contributed by atoms with E-state index in [9.17, 15) is 0 Å². The van der Waals surface area contributed by atoms with E-state index in [1.165, 1.54) is 44.1 Å². The largest absolute Gasteiger partial charge is 0.0651 e. The van der Waals surface area contributed by atoms with Crippen LogP contribution in [0, 0.1) is 6.92 Å². The van der Waals surface area contributed by atoms with E-state index in [2.05, 4.69) is 39.8 Å². The van der Waals surface area contributed by atoms with Crippen LogP contribution < -0.4 is 0 Å². The fourth-order valence-corrected chi connectivity index (χ4v) is 2.79. The topological polar surface area (TPSA) is 0 Å². The van der Waals surface area contributed by atoms with Crippen LogP contribution in [0.3, 0.4) is 0 Å². The summed E-state index contributed by atoms with van der Waals surface area (Å²) in [6.07, 6.45) is 9.56. The molecule has 1 radical (unpaired) electrons. The lowest BCUT2D eigenvalue weighted by Crippen LogP contribution is -2.03. The second-order valence-electron chi connectivity index (χ2n) is 5.25. The molecule has 0 saturated heterocycles. The molecule has 1 aromatic rings. The Bertz CT molecular complexity index is 322. The molecule has 0 bridgehead atoms. The normalized spacial score (nSPS) is 10.9. The maximum absolute atomic E-state index is 4.04. The first-order chi connectivity index (χ1) is 8.76. The van der Waals surface area contributed by atoms with Gasteiger partial charge in [0, 0.05) is 0 Å². The van der Waals surface area contributed by atoms with E-state index in [1.807, 2.05) is 0 Å². The Labute approximate surface area is 114 Å². The Morgan fingerprint density at radius 3 is 1.67 bits per heavy atom. The average Bonchev–Trinajstić information content (AvgIpc) is 2.34. The molecule has 0 nitrogen and oxygen atoms in total. The maximum Gasteiger partial charge on any atom is -0.0273 e. The van der Waals surface area contributed by atoms with Crippen LogP contribution in [0.4, 0.5) is 0 Å². The molecule has 0 heterocycles. The SMILES string of the molecule is [CH2]CCc1c(CCC)cc(CCC)cc1CCC. The fraction of sp³-hybridized carbons (Fsp3) is 0.611. The zero-order chi connectivity index (χ0) is 13.4. The van der Waals surface area contributed by atoms with E-state index in [1.54, 1.807) is 16.7 Å². The van der Waals surface area contributed by atoms with Gasteiger partial charge in [0.1, 0.15) is 0 Å². The molecule has 0 heteroatoms. The minimum Gasteiger partial charge on any atom is -0.0651 e. The van der Waals surface area contributed by atoms with E-state index in [0.29, 0.717) is 0 Å². The molecule has 0 atom stereocenters. The third-order valence-corrected chi connectivity index (χ3v) is 3.50. The summed E-state index contributed by atoms with van der Waals surface area (Å²) in [6.45, 7) is 10.9. The van der Waals surface area contributed by atoms with Gasteiger partial charge in [0.05, 0.1) is 0 Å². The van der Waals surface area contributed by atoms with E-state index in [0.717, 1.165) is 12.8 Å². The van der Waals surface area contributed by atoms with Crippen molar-refractivity contribution < 1.29 is 0 Å². The molecule has 0 fully saturated rings. The van der Waals surface area contributed by atoms with Crippen molar-refractivity contribution in [2.45, 2.75) is 72.1 Å². The Hall–Kier alpha value is -0.780. The standard InChI is InChI=1S/C18H29/c1-5-9-15-13-16(10-6-2)18(12-8-4)17(14-15)11-7-3/h13-14H,4-12H2,1-3H3. The zero-order valence-electron chi connectivity index (χ0n) is 12.5. The summed E-state index contributed by atoms with van der Waals surface area (Å²) in [7, 11) is 0. The van der Waals surface area contributed by atoms with Crippen LogP contribution in [0.15, 0.2) is 12.1 Å². The summed E-state index contributed by atoms with van der Waals surface area (Å²) >= 11 is 0. The summed E-state index contributed by atoms with van der Waals surface area (Å²) in [5.74, 6) is 0. The molecule has 0 aliphatic rings. The Kier molecular flexibility index (Phi) is 7.08. The minimum atomic E-state index is 1.01. The van der Waals surface area contributed by atoms with Gasteiger partial charge in [-0.25, -0.2) is 0 Å². The molecule has 0 amide bonds. The van der Waals surface area contributed by atoms with Gasteiger partial charge in [0.25, 0.3) is 0 Å². The Balaban J connectivity index is 3.15. The van der Waals surface area contributed by atoms with Crippen LogP contribution in [0.2, 0.25) is 0 Å². The van der Waals surface area contributed by atoms with Crippen molar-refractivity contribution in [2.24, 2.45) is 0 Å². The quantitative estimate of drug-likeness (QED) is 0.582. The van der Waals surface area contributed by atoms with E-state index >= 15 is 0 Å². The summed E-state index contributed by atoms with van der Waals surface area (Å²) in [5, 5.41) is 0. The van der Waals surface area contributed by atoms with Crippen LogP contribution in [0.25, 0.3) is 0 Å². The predicted octanol–water partition coefficient (Wildman–Crippen LogP) is 5.31. The second kappa shape index (κ2) is 8.34. The lowest BCUT2D eigenvalue weighted by Gasteiger charge is -2.16. The monoisotopic (exact) mass is 245 g/mol. The van der Waals surface area contributed by atoms with E-state index < -0.39 is 0 Å². The number of hydrogen-bond acceptors (Lipinski definition) is 0. The number of benzene rings is 1. The molecular weight excluding hydrogens is 216 g/mol. The molecule has 101 valence electrons. The van der Waals surface area contributed by atoms with Crippen molar-refractivity contribution in [1.29, 1.82) is 0 Å². The summed E-state index contributed by atoms with van der Waals surface area (Å²) in [6, 6.07) is 4.91. The number of rotatable bonds is 8. The highest BCUT2D eigenvalue weighted by Crippen LogP contribution is 2.23. The molecule has 1 rings (SSSR count). The Morgan fingerprint density at radius 1 is 0.778 bits per heavy atom. The van der Waals surface area contributed by atoms with E-state index in [-0.39, 0.29) is 0 Å². The molecule has 0 spiro atoms. The third-order valence-electron chi connectivity index (χ3n) is 3.50. The molecule has 1 aromatic carbocycles. The van der Waals surface area contributed by atoms with Crippen LogP contribution in [-0.2, 0) is 25.7 Å². The Morgan fingerprint density at radius 2 is 1.28 bits per heavy atom. The fourth-order valence-electron chi connectivity index (χ4n) is 2.79. The van der Waals surface area contributed by atoms with Crippen LogP contribution in [0.5, 0.6) is 0 Å². The van der Waals surface area contributed by atoms with E-state index in [4.69, 9.17) is 0 Å². The van der Waals surface area contributed by atoms with Gasteiger partial charge in [-0.3, -0.25) is 0 Å². The minimum absolute atomic E-state index is 1.01. The highest BCUT2D eigenvalue weighted by atomic mass is 14.1. The van der Waals surface area contributed by atoms with Gasteiger partial charge >= 0.3 is 0 Å². The zero-order valence-corrected chi connectivity index (χ0v) is 12.5. The molecule has 18 heavy (non-hydrogen) atoms. The van der Waals surface area contributed by atoms with Crippen LogP contribution in [0.1, 0.15) is 68.7 Å². The molecule has 0 aliphatic heterocycles. The van der Waals surface area contributed by atoms with Gasteiger partial charge in [0.15, 0.2) is 0 Å². The van der Waals surface area contributed by atoms with Crippen molar-refractivity contribution in [3.8, 4) is 0 Å². The highest BCUT2D eigenvalue weighted by molar-refractivity contribution is 5.40. The predicted molar refractivity (Wildman–Crippen MR) is 82.1 cm³/mol. The highest BCUT2D eigenvalue weighted by Gasteiger charge is 2.09. The summed E-state index contributed by atoms with van der Waals surface area (Å²) in [4.78, 5) is 0. The first-order valence-corrected chi connectivity index (χ1v) is 7.69. The lowest BCUT2D eigenvalue weighted by molar-refractivity contribution is 0.829. The summed E-state index contributed by atoms with van der Waals surface area (Å²) < 4.78 is 0. The summed E-state index contributed by atoms with van der Waals surface area (Å²) in [5.41, 5.74) is 6.33. The molecule has 0 saturated carbocycles. The van der Waals surface area contributed by atoms with Crippen molar-refractivity contribution in [3.05, 3.63) is 41.3 Å². The molecule has 0 aromatic heterocycles. The van der Waals surface area contributed by atoms with Crippen molar-refractivity contribution in [3.63, 3.8) is 0 Å². The van der Waals surface area contributed by atoms with Gasteiger partial charge in [-0.05, 0) is 54.4 Å². The van der Waals surface area contributed by atoms with Crippen molar-refractivity contribution >= 4 is 0 Å². The molecule has 0 N–H and O–H groups in total. The van der Waals surface area contributed by atoms with Gasteiger partial charge in [-0.1, -0.05) is 59.1 Å². The molecular formula is C18H29. The van der Waals surface area contributed by atoms with Crippen molar-refractivity contribution in [1.82, 2.24) is 0 Å². The van der Waals surface area contributed by atoms with Gasteiger partial charge in [-0.15, -0.1) is 0 Å². The maximum atomic E-state index is 4.04. The van der Waals surface area contributed by atoms with Crippen LogP contribution >= 0.6 is 0 Å². The average molecular weight is 245 g/mol. The van der Waals surface area contributed by atoms with Crippen LogP contribution in [-0.4, -0.2) is 0 Å². The first-order valence-electron chi connectivity index (χ1n) is 7.69. The van der Waals surface area contributed by atoms with Gasteiger partial charge < -0.3 is 0 Å². The van der Waals surface area contributed by atoms with Gasteiger partial charge in [-0.2, -0.15) is 0 Å². The first kappa shape index (κ1) is 15.3. The third kappa shape index (κ3) is 4.15. The lowest BCUT2D eigenvalue weighted by atomic mass is 9.89. The second-order valence-corrected chi connectivity index (χ2v) is 5.25. The van der Waals surface area contributed by atoms with Crippen molar-refractivity contribution in [2.75, 3.05) is 0 Å². The smallest absolute Gasteiger partial charge is 0.0273 e. The molecule has 0 unspecified atom stereocenters. The molecule has 0 aliphatic carbocycles. The number of hydrogen-bond donors (Lipinski definition) is 0.